The molecule has 1 aliphatic heterocycles. The largest absolute Gasteiger partial charge is 0.395 e. The molecule has 0 aliphatic carbocycles. The number of hydrogen-bond acceptors (Lipinski definition) is 4. The van der Waals surface area contributed by atoms with Crippen LogP contribution in [0.3, 0.4) is 0 Å². The number of carbonyl (C=O) groups excluding carboxylic acids is 1. The van der Waals surface area contributed by atoms with Gasteiger partial charge in [0, 0.05) is 19.1 Å². The summed E-state index contributed by atoms with van der Waals surface area (Å²) >= 11 is 0. The van der Waals surface area contributed by atoms with Crippen molar-refractivity contribution < 1.29 is 4.79 Å². The summed E-state index contributed by atoms with van der Waals surface area (Å²) in [6.45, 7) is 9.73. The molecule has 0 radical (unpaired) electrons. The molecule has 0 saturated carbocycles. The average molecular weight is 265 g/mol. The number of hydrogen-bond donors (Lipinski definition) is 2. The van der Waals surface area contributed by atoms with Crippen molar-refractivity contribution in [3.8, 4) is 0 Å². The highest BCUT2D eigenvalue weighted by Crippen LogP contribution is 2.20. The summed E-state index contributed by atoms with van der Waals surface area (Å²) in [5, 5.41) is 6.78. The number of likely N-dealkylation sites (N-methyl/N-ethyl adjacent to an activating group) is 1. The summed E-state index contributed by atoms with van der Waals surface area (Å²) < 4.78 is 0. The molecule has 1 aromatic heterocycles. The summed E-state index contributed by atoms with van der Waals surface area (Å²) in [6.07, 6.45) is 1.02. The van der Waals surface area contributed by atoms with Crippen LogP contribution in [0.4, 0.5) is 5.69 Å². The molecule has 1 unspecified atom stereocenters. The van der Waals surface area contributed by atoms with Crippen molar-refractivity contribution in [2.24, 2.45) is 0 Å². The van der Waals surface area contributed by atoms with Gasteiger partial charge in [0.05, 0.1) is 11.4 Å². The Balaban J connectivity index is 2.05. The van der Waals surface area contributed by atoms with Crippen LogP contribution >= 0.6 is 0 Å². The van der Waals surface area contributed by atoms with Crippen LogP contribution in [0, 0.1) is 6.92 Å². The number of rotatable bonds is 4. The second-order valence-electron chi connectivity index (χ2n) is 5.03. The minimum Gasteiger partial charge on any atom is -0.395 e. The highest BCUT2D eigenvalue weighted by molar-refractivity contribution is 5.97. The average Bonchev–Trinajstić information content (AvgIpc) is 3.00. The van der Waals surface area contributed by atoms with Gasteiger partial charge in [0.25, 0.3) is 5.91 Å². The van der Waals surface area contributed by atoms with Gasteiger partial charge in [0.1, 0.15) is 0 Å². The molecule has 2 heterocycles. The van der Waals surface area contributed by atoms with Crippen molar-refractivity contribution in [1.29, 1.82) is 0 Å². The van der Waals surface area contributed by atoms with Crippen LogP contribution in [-0.2, 0) is 0 Å². The number of H-pyrrole nitrogens is 1. The van der Waals surface area contributed by atoms with E-state index in [-0.39, 0.29) is 5.91 Å². The lowest BCUT2D eigenvalue weighted by Gasteiger charge is -2.25. The number of aromatic nitrogens is 2. The molecule has 1 aromatic rings. The molecular weight excluding hydrogens is 242 g/mol. The number of anilines is 1. The van der Waals surface area contributed by atoms with Crippen LogP contribution in [0.15, 0.2) is 0 Å². The Hall–Kier alpha value is -1.56. The molecule has 1 aliphatic rings. The van der Waals surface area contributed by atoms with E-state index in [4.69, 9.17) is 5.73 Å². The molecule has 1 saturated heterocycles. The Morgan fingerprint density at radius 2 is 2.21 bits per heavy atom. The van der Waals surface area contributed by atoms with Crippen LogP contribution in [-0.4, -0.2) is 58.1 Å². The lowest BCUT2D eigenvalue weighted by molar-refractivity contribution is 0.0773. The third-order valence-corrected chi connectivity index (χ3v) is 3.98. The van der Waals surface area contributed by atoms with Crippen LogP contribution in [0.5, 0.6) is 0 Å². The fourth-order valence-corrected chi connectivity index (χ4v) is 2.71. The lowest BCUT2D eigenvalue weighted by Crippen LogP contribution is -2.38. The van der Waals surface area contributed by atoms with E-state index in [1.165, 1.54) is 0 Å². The van der Waals surface area contributed by atoms with Crippen molar-refractivity contribution >= 4 is 11.6 Å². The monoisotopic (exact) mass is 265 g/mol. The minimum absolute atomic E-state index is 0.0588. The van der Waals surface area contributed by atoms with E-state index in [1.54, 1.807) is 0 Å². The molecule has 1 atom stereocenters. The fraction of sp³-hybridized carbons (Fsp3) is 0.692. The van der Waals surface area contributed by atoms with Gasteiger partial charge in [-0.1, -0.05) is 13.8 Å². The quantitative estimate of drug-likeness (QED) is 0.846. The van der Waals surface area contributed by atoms with Crippen molar-refractivity contribution in [2.75, 3.05) is 31.9 Å². The summed E-state index contributed by atoms with van der Waals surface area (Å²) in [6, 6.07) is 0.459. The highest BCUT2D eigenvalue weighted by atomic mass is 16.2. The molecule has 19 heavy (non-hydrogen) atoms. The molecule has 0 bridgehead atoms. The van der Waals surface area contributed by atoms with Crippen molar-refractivity contribution in [3.05, 3.63) is 11.4 Å². The number of aryl methyl sites for hydroxylation is 1. The van der Waals surface area contributed by atoms with E-state index in [2.05, 4.69) is 28.9 Å². The van der Waals surface area contributed by atoms with Crippen LogP contribution < -0.4 is 5.73 Å². The van der Waals surface area contributed by atoms with E-state index in [9.17, 15) is 4.79 Å². The summed E-state index contributed by atoms with van der Waals surface area (Å²) in [4.78, 5) is 16.6. The number of nitrogens with two attached hydrogens (primary N) is 1. The maximum absolute atomic E-state index is 12.4. The summed E-state index contributed by atoms with van der Waals surface area (Å²) in [5.74, 6) is -0.0588. The SMILES string of the molecule is CCN(CC)C1CCN(C(=O)c2n[nH]c(C)c2N)C1. The fourth-order valence-electron chi connectivity index (χ4n) is 2.71. The van der Waals surface area contributed by atoms with Gasteiger partial charge in [0.2, 0.25) is 0 Å². The highest BCUT2D eigenvalue weighted by Gasteiger charge is 2.31. The van der Waals surface area contributed by atoms with E-state index in [0.29, 0.717) is 17.4 Å². The van der Waals surface area contributed by atoms with Gasteiger partial charge in [-0.15, -0.1) is 0 Å². The third kappa shape index (κ3) is 2.58. The molecule has 0 aromatic carbocycles. The number of nitrogens with zero attached hydrogens (tertiary/aromatic N) is 3. The zero-order valence-electron chi connectivity index (χ0n) is 11.9. The Morgan fingerprint density at radius 1 is 1.53 bits per heavy atom. The second kappa shape index (κ2) is 5.61. The van der Waals surface area contributed by atoms with Gasteiger partial charge in [-0.25, -0.2) is 0 Å². The number of likely N-dealkylation sites (tertiary alicyclic amines) is 1. The van der Waals surface area contributed by atoms with E-state index >= 15 is 0 Å². The number of nitrogen functional groups attached to an aromatic ring is 1. The molecule has 1 amide bonds. The van der Waals surface area contributed by atoms with Crippen LogP contribution in [0.1, 0.15) is 36.5 Å². The van der Waals surface area contributed by atoms with Crippen molar-refractivity contribution in [2.45, 2.75) is 33.2 Å². The first-order valence-electron chi connectivity index (χ1n) is 6.92. The molecule has 2 rings (SSSR count). The maximum atomic E-state index is 12.4. The Morgan fingerprint density at radius 3 is 2.74 bits per heavy atom. The third-order valence-electron chi connectivity index (χ3n) is 3.98. The Kier molecular flexibility index (Phi) is 4.09. The van der Waals surface area contributed by atoms with Crippen molar-refractivity contribution in [3.63, 3.8) is 0 Å². The van der Waals surface area contributed by atoms with Gasteiger partial charge in [-0.3, -0.25) is 14.8 Å². The van der Waals surface area contributed by atoms with E-state index in [1.807, 2.05) is 11.8 Å². The molecule has 6 heteroatoms. The standard InChI is InChI=1S/C13H23N5O/c1-4-17(5-2)10-6-7-18(8-10)13(19)12-11(14)9(3)15-16-12/h10H,4-8,14H2,1-3H3,(H,15,16). The molecule has 106 valence electrons. The maximum Gasteiger partial charge on any atom is 0.276 e. The van der Waals surface area contributed by atoms with E-state index < -0.39 is 0 Å². The topological polar surface area (TPSA) is 78.2 Å². The Labute approximate surface area is 113 Å². The number of carbonyl (C=O) groups is 1. The second-order valence-corrected chi connectivity index (χ2v) is 5.03. The van der Waals surface area contributed by atoms with Gasteiger partial charge < -0.3 is 10.6 Å². The summed E-state index contributed by atoms with van der Waals surface area (Å²) in [7, 11) is 0. The van der Waals surface area contributed by atoms with Gasteiger partial charge in [0.15, 0.2) is 5.69 Å². The van der Waals surface area contributed by atoms with Crippen molar-refractivity contribution in [1.82, 2.24) is 20.0 Å². The molecular formula is C13H23N5O. The zero-order valence-corrected chi connectivity index (χ0v) is 11.9. The van der Waals surface area contributed by atoms with Crippen LogP contribution in [0.25, 0.3) is 0 Å². The van der Waals surface area contributed by atoms with E-state index in [0.717, 1.165) is 38.3 Å². The Bertz CT molecular complexity index is 452. The predicted octanol–water partition coefficient (Wildman–Crippen LogP) is 0.857. The number of aromatic amines is 1. The first kappa shape index (κ1) is 13.9. The van der Waals surface area contributed by atoms with Crippen LogP contribution in [0.2, 0.25) is 0 Å². The number of nitrogens with one attached hydrogen (secondary N) is 1. The molecule has 6 nitrogen and oxygen atoms in total. The summed E-state index contributed by atoms with van der Waals surface area (Å²) in [5.41, 5.74) is 7.45. The van der Waals surface area contributed by atoms with Gasteiger partial charge in [-0.2, -0.15) is 5.10 Å². The smallest absolute Gasteiger partial charge is 0.276 e. The number of amides is 1. The lowest BCUT2D eigenvalue weighted by atomic mass is 10.2. The first-order valence-corrected chi connectivity index (χ1v) is 6.92. The van der Waals surface area contributed by atoms with Gasteiger partial charge >= 0.3 is 0 Å². The van der Waals surface area contributed by atoms with Gasteiger partial charge in [-0.05, 0) is 26.4 Å². The zero-order chi connectivity index (χ0) is 14.0. The predicted molar refractivity (Wildman–Crippen MR) is 75.0 cm³/mol. The molecule has 0 spiro atoms. The molecule has 1 fully saturated rings. The minimum atomic E-state index is -0.0588. The first-order chi connectivity index (χ1) is 9.08. The molecule has 3 N–H and O–H groups in total. The normalized spacial score (nSPS) is 19.4.